The Labute approximate surface area is 245 Å². The van der Waals surface area contributed by atoms with E-state index in [2.05, 4.69) is 5.32 Å². The predicted molar refractivity (Wildman–Crippen MR) is 164 cm³/mol. The third kappa shape index (κ3) is 6.28. The van der Waals surface area contributed by atoms with Crippen molar-refractivity contribution in [3.8, 4) is 0 Å². The second-order valence-corrected chi connectivity index (χ2v) is 11.1. The van der Waals surface area contributed by atoms with Crippen LogP contribution in [0.1, 0.15) is 48.2 Å². The molecule has 0 saturated heterocycles. The van der Waals surface area contributed by atoms with Crippen molar-refractivity contribution in [1.29, 1.82) is 0 Å². The van der Waals surface area contributed by atoms with Gasteiger partial charge in [0.15, 0.2) is 0 Å². The van der Waals surface area contributed by atoms with Crippen LogP contribution in [-0.4, -0.2) is 41.2 Å². The van der Waals surface area contributed by atoms with Crippen molar-refractivity contribution in [2.24, 2.45) is 0 Å². The number of carbonyl (C=O) groups excluding carboxylic acids is 3. The first-order chi connectivity index (χ1) is 19.8. The number of anilines is 1. The van der Waals surface area contributed by atoms with Gasteiger partial charge in [-0.05, 0) is 55.0 Å². The van der Waals surface area contributed by atoms with Gasteiger partial charge in [-0.1, -0.05) is 84.4 Å². The van der Waals surface area contributed by atoms with Gasteiger partial charge in [-0.15, -0.1) is 0 Å². The summed E-state index contributed by atoms with van der Waals surface area (Å²) in [6, 6.07) is 28.0. The molecule has 4 aromatic rings. The molecule has 1 aliphatic rings. The molecule has 5 rings (SSSR count). The van der Waals surface area contributed by atoms with E-state index in [1.165, 1.54) is 0 Å². The van der Waals surface area contributed by atoms with Crippen LogP contribution in [0.15, 0.2) is 91.0 Å². The lowest BCUT2D eigenvalue weighted by Gasteiger charge is -2.32. The maximum atomic E-state index is 13.9. The van der Waals surface area contributed by atoms with Gasteiger partial charge in [-0.2, -0.15) is 0 Å². The van der Waals surface area contributed by atoms with Crippen molar-refractivity contribution in [1.82, 2.24) is 10.2 Å². The van der Waals surface area contributed by atoms with E-state index in [1.807, 2.05) is 98.8 Å². The molecule has 0 spiro atoms. The Morgan fingerprint density at radius 1 is 0.902 bits per heavy atom. The Balaban J connectivity index is 1.38. The average Bonchev–Trinajstić information content (AvgIpc) is 3.24. The van der Waals surface area contributed by atoms with Gasteiger partial charge < -0.3 is 15.1 Å². The summed E-state index contributed by atoms with van der Waals surface area (Å²) in [7, 11) is 0. The maximum absolute atomic E-state index is 13.9. The van der Waals surface area contributed by atoms with Crippen LogP contribution in [0.5, 0.6) is 0 Å². The van der Waals surface area contributed by atoms with Gasteiger partial charge in [0.1, 0.15) is 6.04 Å². The normalized spacial score (nSPS) is 13.1. The van der Waals surface area contributed by atoms with E-state index in [9.17, 15) is 14.4 Å². The summed E-state index contributed by atoms with van der Waals surface area (Å²) in [5.74, 6) is -0.413. The Morgan fingerprint density at radius 3 is 2.34 bits per heavy atom. The number of amides is 3. The van der Waals surface area contributed by atoms with Crippen molar-refractivity contribution < 1.29 is 14.4 Å². The standard InChI is InChI=1S/C34H34ClN3O3/c1-23(2)36-33(40)30(21-24-11-4-3-5-12-24)38(22-26-13-6-7-17-28(26)35)31(39)19-10-20-37-29-18-9-15-25-14-8-16-27(32(25)29)34(37)41/h3-9,11-18,23,30H,10,19-22H2,1-2H3,(H,36,40)/t30-/m0/s1. The molecule has 1 aliphatic heterocycles. The zero-order chi connectivity index (χ0) is 28.9. The Hall–Kier alpha value is -4.16. The quantitative estimate of drug-likeness (QED) is 0.228. The van der Waals surface area contributed by atoms with Crippen LogP contribution in [0.3, 0.4) is 0 Å². The van der Waals surface area contributed by atoms with Crippen molar-refractivity contribution in [2.45, 2.75) is 51.7 Å². The molecule has 0 aliphatic carbocycles. The highest BCUT2D eigenvalue weighted by Gasteiger charge is 2.32. The summed E-state index contributed by atoms with van der Waals surface area (Å²) in [4.78, 5) is 44.1. The fourth-order valence-corrected chi connectivity index (χ4v) is 5.67. The summed E-state index contributed by atoms with van der Waals surface area (Å²) < 4.78 is 0. The lowest BCUT2D eigenvalue weighted by Crippen LogP contribution is -2.51. The number of nitrogens with zero attached hydrogens (tertiary/aromatic N) is 2. The third-order valence-electron chi connectivity index (χ3n) is 7.42. The number of rotatable bonds is 11. The highest BCUT2D eigenvalue weighted by Crippen LogP contribution is 2.37. The number of hydrogen-bond acceptors (Lipinski definition) is 3. The fraction of sp³-hybridized carbons (Fsp3) is 0.265. The number of halogens is 1. The summed E-state index contributed by atoms with van der Waals surface area (Å²) >= 11 is 6.51. The zero-order valence-corrected chi connectivity index (χ0v) is 24.1. The van der Waals surface area contributed by atoms with Gasteiger partial charge >= 0.3 is 0 Å². The number of nitrogens with one attached hydrogen (secondary N) is 1. The van der Waals surface area contributed by atoms with E-state index in [0.717, 1.165) is 27.6 Å². The monoisotopic (exact) mass is 567 g/mol. The highest BCUT2D eigenvalue weighted by atomic mass is 35.5. The third-order valence-corrected chi connectivity index (χ3v) is 7.79. The van der Waals surface area contributed by atoms with Crippen molar-refractivity contribution in [2.75, 3.05) is 11.4 Å². The maximum Gasteiger partial charge on any atom is 0.258 e. The molecule has 41 heavy (non-hydrogen) atoms. The van der Waals surface area contributed by atoms with E-state index in [-0.39, 0.29) is 36.7 Å². The lowest BCUT2D eigenvalue weighted by atomic mass is 10.0. The molecule has 0 aromatic heterocycles. The van der Waals surface area contributed by atoms with Crippen LogP contribution >= 0.6 is 11.6 Å². The van der Waals surface area contributed by atoms with Crippen molar-refractivity contribution in [3.63, 3.8) is 0 Å². The minimum absolute atomic E-state index is 0.0459. The van der Waals surface area contributed by atoms with E-state index >= 15 is 0 Å². The highest BCUT2D eigenvalue weighted by molar-refractivity contribution is 6.31. The van der Waals surface area contributed by atoms with Gasteiger partial charge in [0.2, 0.25) is 11.8 Å². The van der Waals surface area contributed by atoms with E-state index in [1.54, 1.807) is 15.9 Å². The minimum atomic E-state index is -0.727. The Kier molecular flexibility index (Phi) is 8.70. The lowest BCUT2D eigenvalue weighted by molar-refractivity contribution is -0.141. The van der Waals surface area contributed by atoms with Crippen molar-refractivity contribution in [3.05, 3.63) is 113 Å². The number of hydrogen-bond donors (Lipinski definition) is 1. The number of carbonyl (C=O) groups is 3. The predicted octanol–water partition coefficient (Wildman–Crippen LogP) is 6.40. The molecule has 6 nitrogen and oxygen atoms in total. The Bertz CT molecular complexity index is 1570. The number of benzene rings is 4. The molecule has 0 saturated carbocycles. The smallest absolute Gasteiger partial charge is 0.258 e. The second kappa shape index (κ2) is 12.6. The molecule has 4 aromatic carbocycles. The first-order valence-corrected chi connectivity index (χ1v) is 14.4. The van der Waals surface area contributed by atoms with Gasteiger partial charge in [-0.3, -0.25) is 14.4 Å². The van der Waals surface area contributed by atoms with E-state index in [0.29, 0.717) is 30.0 Å². The first-order valence-electron chi connectivity index (χ1n) is 14.0. The van der Waals surface area contributed by atoms with Gasteiger partial charge in [0, 0.05) is 47.9 Å². The van der Waals surface area contributed by atoms with Crippen LogP contribution in [0.4, 0.5) is 5.69 Å². The molecular weight excluding hydrogens is 534 g/mol. The molecule has 210 valence electrons. The molecular formula is C34H34ClN3O3. The van der Waals surface area contributed by atoms with Crippen LogP contribution in [0.25, 0.3) is 10.8 Å². The molecule has 0 bridgehead atoms. The second-order valence-electron chi connectivity index (χ2n) is 10.7. The van der Waals surface area contributed by atoms with Crippen molar-refractivity contribution >= 4 is 45.8 Å². The van der Waals surface area contributed by atoms with Crippen LogP contribution in [0.2, 0.25) is 5.02 Å². The molecule has 7 heteroatoms. The fourth-order valence-electron chi connectivity index (χ4n) is 5.48. The molecule has 0 fully saturated rings. The molecule has 1 N–H and O–H groups in total. The summed E-state index contributed by atoms with van der Waals surface area (Å²) in [6.07, 6.45) is 1.01. The summed E-state index contributed by atoms with van der Waals surface area (Å²) in [5.41, 5.74) is 3.30. The first kappa shape index (κ1) is 28.4. The summed E-state index contributed by atoms with van der Waals surface area (Å²) in [6.45, 7) is 4.42. The average molecular weight is 568 g/mol. The molecule has 1 atom stereocenters. The van der Waals surface area contributed by atoms with Crippen LogP contribution in [-0.2, 0) is 22.6 Å². The topological polar surface area (TPSA) is 69.7 Å². The van der Waals surface area contributed by atoms with Crippen LogP contribution in [0, 0.1) is 0 Å². The SMILES string of the molecule is CC(C)NC(=O)[C@H](Cc1ccccc1)N(Cc1ccccc1Cl)C(=O)CCCN1C(=O)c2cccc3cccc1c23. The Morgan fingerprint density at radius 2 is 1.61 bits per heavy atom. The summed E-state index contributed by atoms with van der Waals surface area (Å²) in [5, 5.41) is 5.54. The van der Waals surface area contributed by atoms with Crippen LogP contribution < -0.4 is 10.2 Å². The molecule has 0 radical (unpaired) electrons. The molecule has 1 heterocycles. The van der Waals surface area contributed by atoms with E-state index in [4.69, 9.17) is 11.6 Å². The molecule has 0 unspecified atom stereocenters. The molecule has 3 amide bonds. The van der Waals surface area contributed by atoms with Gasteiger partial charge in [0.05, 0.1) is 5.69 Å². The minimum Gasteiger partial charge on any atom is -0.352 e. The van der Waals surface area contributed by atoms with Gasteiger partial charge in [0.25, 0.3) is 5.91 Å². The van der Waals surface area contributed by atoms with E-state index < -0.39 is 6.04 Å². The zero-order valence-electron chi connectivity index (χ0n) is 23.3. The largest absolute Gasteiger partial charge is 0.352 e. The van der Waals surface area contributed by atoms with Gasteiger partial charge in [-0.25, -0.2) is 0 Å².